The molecule has 0 saturated heterocycles. The fourth-order valence-electron chi connectivity index (χ4n) is 3.30. The summed E-state index contributed by atoms with van der Waals surface area (Å²) in [6.45, 7) is 0.293. The van der Waals surface area contributed by atoms with Gasteiger partial charge in [0.1, 0.15) is 11.3 Å². The van der Waals surface area contributed by atoms with Gasteiger partial charge in [-0.15, -0.1) is 0 Å². The average molecular weight is 462 g/mol. The lowest BCUT2D eigenvalue weighted by atomic mass is 10.1. The van der Waals surface area contributed by atoms with Gasteiger partial charge in [-0.2, -0.15) is 0 Å². The number of esters is 2. The van der Waals surface area contributed by atoms with Gasteiger partial charge in [0.2, 0.25) is 0 Å². The zero-order chi connectivity index (χ0) is 21.1. The van der Waals surface area contributed by atoms with Crippen LogP contribution in [-0.4, -0.2) is 44.9 Å². The van der Waals surface area contributed by atoms with Gasteiger partial charge in [-0.1, -0.05) is 18.2 Å². The van der Waals surface area contributed by atoms with Gasteiger partial charge < -0.3 is 23.5 Å². The van der Waals surface area contributed by atoms with E-state index in [0.29, 0.717) is 28.9 Å². The summed E-state index contributed by atoms with van der Waals surface area (Å²) in [4.78, 5) is 25.2. The number of rotatable bonds is 6. The Morgan fingerprint density at radius 1 is 0.931 bits per heavy atom. The van der Waals surface area contributed by atoms with Gasteiger partial charge in [0.15, 0.2) is 11.5 Å². The molecule has 7 nitrogen and oxygen atoms in total. The van der Waals surface area contributed by atoms with E-state index in [1.54, 1.807) is 37.0 Å². The molecule has 2 aromatic carbocycles. The first-order valence-corrected chi connectivity index (χ1v) is 9.44. The van der Waals surface area contributed by atoms with Crippen LogP contribution in [-0.2, 0) is 16.0 Å². The Kier molecular flexibility index (Phi) is 6.12. The van der Waals surface area contributed by atoms with Crippen LogP contribution in [0.2, 0.25) is 0 Å². The Balaban J connectivity index is 2.29. The molecule has 0 saturated carbocycles. The molecule has 1 aromatic heterocycles. The number of para-hydroxylation sites is 1. The third-order valence-corrected chi connectivity index (χ3v) is 5.23. The number of aromatic nitrogens is 1. The third-order valence-electron chi connectivity index (χ3n) is 4.59. The normalized spacial score (nSPS) is 10.7. The zero-order valence-corrected chi connectivity index (χ0v) is 18.0. The molecule has 8 heteroatoms. The molecule has 0 atom stereocenters. The lowest BCUT2D eigenvalue weighted by Gasteiger charge is -2.13. The van der Waals surface area contributed by atoms with Crippen molar-refractivity contribution < 1.29 is 28.5 Å². The smallest absolute Gasteiger partial charge is 0.355 e. The number of fused-ring (bicyclic) bond motifs is 1. The molecule has 0 amide bonds. The molecule has 1 heterocycles. The van der Waals surface area contributed by atoms with Gasteiger partial charge >= 0.3 is 11.9 Å². The van der Waals surface area contributed by atoms with Crippen molar-refractivity contribution in [3.05, 3.63) is 57.7 Å². The Bertz CT molecular complexity index is 1090. The highest BCUT2D eigenvalue weighted by Crippen LogP contribution is 2.34. The molecule has 0 aliphatic carbocycles. The van der Waals surface area contributed by atoms with Crippen LogP contribution >= 0.6 is 15.9 Å². The minimum Gasteiger partial charge on any atom is -0.493 e. The standard InChI is InChI=1S/C21H20BrNO6/c1-26-15-9-8-12(10-16(15)27-2)11-23-18-13(6-5-7-14(18)22)17(20(24)28-3)19(23)21(25)29-4/h5-10H,11H2,1-4H3. The van der Waals surface area contributed by atoms with Crippen LogP contribution in [0.25, 0.3) is 10.9 Å². The van der Waals surface area contributed by atoms with Gasteiger partial charge in [0.05, 0.1) is 34.0 Å². The molecule has 0 bridgehead atoms. The summed E-state index contributed by atoms with van der Waals surface area (Å²) in [6.07, 6.45) is 0. The zero-order valence-electron chi connectivity index (χ0n) is 16.4. The number of carbonyl (C=O) groups excluding carboxylic acids is 2. The third kappa shape index (κ3) is 3.67. The van der Waals surface area contributed by atoms with Crippen LogP contribution in [0, 0.1) is 0 Å². The fraction of sp³-hybridized carbons (Fsp3) is 0.238. The number of halogens is 1. The molecule has 0 unspecified atom stereocenters. The predicted octanol–water partition coefficient (Wildman–Crippen LogP) is 4.04. The Labute approximate surface area is 176 Å². The van der Waals surface area contributed by atoms with E-state index in [4.69, 9.17) is 18.9 Å². The number of ether oxygens (including phenoxy) is 4. The van der Waals surface area contributed by atoms with Gasteiger partial charge in [-0.05, 0) is 39.7 Å². The Hall–Kier alpha value is -3.00. The van der Waals surface area contributed by atoms with E-state index in [2.05, 4.69) is 15.9 Å². The van der Waals surface area contributed by atoms with E-state index >= 15 is 0 Å². The van der Waals surface area contributed by atoms with Gasteiger partial charge in [0, 0.05) is 16.4 Å². The second-order valence-corrected chi connectivity index (χ2v) is 6.97. The van der Waals surface area contributed by atoms with Crippen molar-refractivity contribution in [3.63, 3.8) is 0 Å². The van der Waals surface area contributed by atoms with E-state index in [1.165, 1.54) is 14.2 Å². The number of benzene rings is 2. The highest BCUT2D eigenvalue weighted by molar-refractivity contribution is 9.10. The monoisotopic (exact) mass is 461 g/mol. The molecule has 152 valence electrons. The van der Waals surface area contributed by atoms with Crippen molar-refractivity contribution >= 4 is 38.8 Å². The summed E-state index contributed by atoms with van der Waals surface area (Å²) < 4.78 is 23.0. The summed E-state index contributed by atoms with van der Waals surface area (Å²) >= 11 is 3.53. The molecular weight excluding hydrogens is 442 g/mol. The second kappa shape index (κ2) is 8.57. The molecule has 3 rings (SSSR count). The van der Waals surface area contributed by atoms with E-state index < -0.39 is 11.9 Å². The molecule has 0 spiro atoms. The van der Waals surface area contributed by atoms with Gasteiger partial charge in [0.25, 0.3) is 0 Å². The number of hydrogen-bond acceptors (Lipinski definition) is 6. The molecule has 0 radical (unpaired) electrons. The fourth-order valence-corrected chi connectivity index (χ4v) is 3.88. The maximum atomic E-state index is 12.7. The van der Waals surface area contributed by atoms with E-state index in [-0.39, 0.29) is 11.3 Å². The number of methoxy groups -OCH3 is 4. The largest absolute Gasteiger partial charge is 0.493 e. The second-order valence-electron chi connectivity index (χ2n) is 6.12. The molecular formula is C21H20BrNO6. The van der Waals surface area contributed by atoms with Crippen molar-refractivity contribution in [1.29, 1.82) is 0 Å². The number of nitrogens with zero attached hydrogens (tertiary/aromatic N) is 1. The molecule has 0 aliphatic heterocycles. The van der Waals surface area contributed by atoms with E-state index in [0.717, 1.165) is 10.0 Å². The number of carbonyl (C=O) groups is 2. The predicted molar refractivity (Wildman–Crippen MR) is 111 cm³/mol. The van der Waals surface area contributed by atoms with E-state index in [9.17, 15) is 9.59 Å². The van der Waals surface area contributed by atoms with Crippen LogP contribution in [0.1, 0.15) is 26.4 Å². The van der Waals surface area contributed by atoms with Crippen LogP contribution < -0.4 is 9.47 Å². The quantitative estimate of drug-likeness (QED) is 0.515. The van der Waals surface area contributed by atoms with Crippen molar-refractivity contribution in [2.75, 3.05) is 28.4 Å². The molecule has 0 fully saturated rings. The summed E-state index contributed by atoms with van der Waals surface area (Å²) in [5.41, 5.74) is 1.81. The van der Waals surface area contributed by atoms with Crippen molar-refractivity contribution in [2.24, 2.45) is 0 Å². The molecule has 0 aliphatic rings. The Morgan fingerprint density at radius 2 is 1.62 bits per heavy atom. The Morgan fingerprint density at radius 3 is 2.24 bits per heavy atom. The first-order chi connectivity index (χ1) is 14.0. The lowest BCUT2D eigenvalue weighted by molar-refractivity contribution is 0.0549. The SMILES string of the molecule is COC(=O)c1c(C(=O)OC)n(Cc2ccc(OC)c(OC)c2)c2c(Br)cccc12. The van der Waals surface area contributed by atoms with Crippen molar-refractivity contribution in [1.82, 2.24) is 4.57 Å². The minimum atomic E-state index is -0.631. The van der Waals surface area contributed by atoms with Crippen molar-refractivity contribution in [2.45, 2.75) is 6.54 Å². The highest BCUT2D eigenvalue weighted by atomic mass is 79.9. The van der Waals surface area contributed by atoms with Crippen LogP contribution in [0.4, 0.5) is 0 Å². The van der Waals surface area contributed by atoms with Gasteiger partial charge in [-0.25, -0.2) is 9.59 Å². The minimum absolute atomic E-state index is 0.121. The molecule has 29 heavy (non-hydrogen) atoms. The highest BCUT2D eigenvalue weighted by Gasteiger charge is 2.29. The number of hydrogen-bond donors (Lipinski definition) is 0. The van der Waals surface area contributed by atoms with Crippen LogP contribution in [0.3, 0.4) is 0 Å². The van der Waals surface area contributed by atoms with E-state index in [1.807, 2.05) is 18.2 Å². The van der Waals surface area contributed by atoms with Gasteiger partial charge in [-0.3, -0.25) is 0 Å². The summed E-state index contributed by atoms with van der Waals surface area (Å²) in [5.74, 6) is -0.0832. The summed E-state index contributed by atoms with van der Waals surface area (Å²) in [6, 6.07) is 10.9. The maximum Gasteiger partial charge on any atom is 0.355 e. The first kappa shape index (κ1) is 20.7. The summed E-state index contributed by atoms with van der Waals surface area (Å²) in [7, 11) is 5.67. The molecule has 0 N–H and O–H groups in total. The topological polar surface area (TPSA) is 76.0 Å². The maximum absolute atomic E-state index is 12.7. The first-order valence-electron chi connectivity index (χ1n) is 8.65. The average Bonchev–Trinajstić information content (AvgIpc) is 3.07. The van der Waals surface area contributed by atoms with Crippen LogP contribution in [0.5, 0.6) is 11.5 Å². The summed E-state index contributed by atoms with van der Waals surface area (Å²) in [5, 5.41) is 0.590. The van der Waals surface area contributed by atoms with Crippen LogP contribution in [0.15, 0.2) is 40.9 Å². The lowest BCUT2D eigenvalue weighted by Crippen LogP contribution is -2.16. The molecule has 3 aromatic rings. The van der Waals surface area contributed by atoms with Crippen molar-refractivity contribution in [3.8, 4) is 11.5 Å².